The summed E-state index contributed by atoms with van der Waals surface area (Å²) in [6, 6.07) is 9.08. The number of carbonyl (C=O) groups excluding carboxylic acids is 1. The van der Waals surface area contributed by atoms with Gasteiger partial charge < -0.3 is 0 Å². The first kappa shape index (κ1) is 17.1. The second-order valence-electron chi connectivity index (χ2n) is 4.44. The Hall–Kier alpha value is -2.29. The molecule has 0 aliphatic rings. The molecule has 3 N–H and O–H groups in total. The summed E-state index contributed by atoms with van der Waals surface area (Å²) < 4.78 is 35.4. The molecule has 6 nitrogen and oxygen atoms in total. The third kappa shape index (κ3) is 4.59. The Balaban J connectivity index is 2.04. The number of carbonyl (C=O) groups is 1. The molecule has 0 heterocycles. The summed E-state index contributed by atoms with van der Waals surface area (Å²) in [6.45, 7) is 0. The number of hydrazone groups is 1. The lowest BCUT2D eigenvalue weighted by Gasteiger charge is -2.02. The Morgan fingerprint density at radius 1 is 1.22 bits per heavy atom. The van der Waals surface area contributed by atoms with Gasteiger partial charge >= 0.3 is 0 Å². The molecule has 0 saturated carbocycles. The predicted molar refractivity (Wildman–Crippen MR) is 84.3 cm³/mol. The molecule has 120 valence electrons. The maximum Gasteiger partial charge on any atom is 0.271 e. The van der Waals surface area contributed by atoms with E-state index < -0.39 is 21.7 Å². The van der Waals surface area contributed by atoms with Gasteiger partial charge in [-0.1, -0.05) is 17.7 Å². The number of benzene rings is 2. The third-order valence-electron chi connectivity index (χ3n) is 2.77. The minimum absolute atomic E-state index is 0.0128. The first-order valence-corrected chi connectivity index (χ1v) is 8.11. The molecule has 0 fully saturated rings. The SMILES string of the molecule is NS(=O)(=O)c1ccc(C(=O)NN=Cc2ccc(Cl)c(F)c2)cc1. The van der Waals surface area contributed by atoms with Crippen LogP contribution in [0.25, 0.3) is 0 Å². The Kier molecular flexibility index (Phi) is 5.09. The van der Waals surface area contributed by atoms with E-state index >= 15 is 0 Å². The van der Waals surface area contributed by atoms with Crippen LogP contribution in [0.5, 0.6) is 0 Å². The number of rotatable bonds is 4. The summed E-state index contributed by atoms with van der Waals surface area (Å²) in [7, 11) is -3.81. The van der Waals surface area contributed by atoms with E-state index in [1.165, 1.54) is 48.7 Å². The van der Waals surface area contributed by atoms with Crippen LogP contribution >= 0.6 is 11.6 Å². The van der Waals surface area contributed by atoms with Crippen LogP contribution in [0.3, 0.4) is 0 Å². The van der Waals surface area contributed by atoms with Gasteiger partial charge in [-0.15, -0.1) is 0 Å². The number of hydrogen-bond acceptors (Lipinski definition) is 4. The number of hydrogen-bond donors (Lipinski definition) is 2. The maximum atomic E-state index is 13.2. The van der Waals surface area contributed by atoms with Gasteiger partial charge in [-0.05, 0) is 42.0 Å². The van der Waals surface area contributed by atoms with Crippen LogP contribution in [0.15, 0.2) is 52.5 Å². The van der Waals surface area contributed by atoms with Crippen molar-refractivity contribution in [3.8, 4) is 0 Å². The number of nitrogens with zero attached hydrogens (tertiary/aromatic N) is 1. The minimum atomic E-state index is -3.81. The van der Waals surface area contributed by atoms with E-state index in [1.807, 2.05) is 0 Å². The van der Waals surface area contributed by atoms with Crippen molar-refractivity contribution in [1.82, 2.24) is 5.43 Å². The molecule has 0 bridgehead atoms. The van der Waals surface area contributed by atoms with Crippen molar-refractivity contribution in [2.75, 3.05) is 0 Å². The van der Waals surface area contributed by atoms with E-state index in [1.54, 1.807) is 0 Å². The lowest BCUT2D eigenvalue weighted by Crippen LogP contribution is -2.18. The third-order valence-corrected chi connectivity index (χ3v) is 4.00. The molecule has 0 aliphatic heterocycles. The molecule has 2 rings (SSSR count). The number of nitrogens with one attached hydrogen (secondary N) is 1. The number of amides is 1. The normalized spacial score (nSPS) is 11.6. The second kappa shape index (κ2) is 6.86. The van der Waals surface area contributed by atoms with Gasteiger partial charge in [-0.25, -0.2) is 23.4 Å². The molecule has 0 spiro atoms. The van der Waals surface area contributed by atoms with E-state index in [0.717, 1.165) is 0 Å². The number of sulfonamides is 1. The number of primary sulfonamides is 1. The van der Waals surface area contributed by atoms with Gasteiger partial charge in [0.1, 0.15) is 5.82 Å². The highest BCUT2D eigenvalue weighted by Crippen LogP contribution is 2.14. The van der Waals surface area contributed by atoms with Crippen LogP contribution in [0.2, 0.25) is 5.02 Å². The van der Waals surface area contributed by atoms with Crippen LogP contribution in [-0.2, 0) is 10.0 Å². The zero-order valence-corrected chi connectivity index (χ0v) is 13.1. The number of halogens is 2. The lowest BCUT2D eigenvalue weighted by molar-refractivity contribution is 0.0955. The summed E-state index contributed by atoms with van der Waals surface area (Å²) in [6.07, 6.45) is 1.25. The topological polar surface area (TPSA) is 102 Å². The Morgan fingerprint density at radius 2 is 1.87 bits per heavy atom. The summed E-state index contributed by atoms with van der Waals surface area (Å²) in [5.41, 5.74) is 2.84. The standard InChI is InChI=1S/C14H11ClFN3O3S/c15-12-6-1-9(7-13(12)16)8-18-19-14(20)10-2-4-11(5-3-10)23(17,21)22/h1-8H,(H,19,20)(H2,17,21,22). The Labute approximate surface area is 136 Å². The Bertz CT molecular complexity index is 867. The summed E-state index contributed by atoms with van der Waals surface area (Å²) in [5, 5.41) is 8.63. The van der Waals surface area contributed by atoms with Crippen LogP contribution in [-0.4, -0.2) is 20.5 Å². The Morgan fingerprint density at radius 3 is 2.43 bits per heavy atom. The zero-order chi connectivity index (χ0) is 17.0. The monoisotopic (exact) mass is 355 g/mol. The van der Waals surface area contributed by atoms with Gasteiger partial charge in [0, 0.05) is 5.56 Å². The van der Waals surface area contributed by atoms with Gasteiger partial charge in [0.15, 0.2) is 0 Å². The average Bonchev–Trinajstić information content (AvgIpc) is 2.50. The smallest absolute Gasteiger partial charge is 0.267 e. The van der Waals surface area contributed by atoms with Crippen molar-refractivity contribution in [3.63, 3.8) is 0 Å². The first-order chi connectivity index (χ1) is 10.8. The van der Waals surface area contributed by atoms with Crippen LogP contribution in [0.4, 0.5) is 4.39 Å². The lowest BCUT2D eigenvalue weighted by atomic mass is 10.2. The highest BCUT2D eigenvalue weighted by Gasteiger charge is 2.09. The van der Waals surface area contributed by atoms with Crippen LogP contribution in [0, 0.1) is 5.82 Å². The molecule has 2 aromatic carbocycles. The highest BCUT2D eigenvalue weighted by molar-refractivity contribution is 7.89. The zero-order valence-electron chi connectivity index (χ0n) is 11.5. The molecule has 9 heteroatoms. The largest absolute Gasteiger partial charge is 0.271 e. The molecule has 0 radical (unpaired) electrons. The summed E-state index contributed by atoms with van der Waals surface area (Å²) in [4.78, 5) is 11.7. The summed E-state index contributed by atoms with van der Waals surface area (Å²) >= 11 is 5.55. The van der Waals surface area contributed by atoms with Gasteiger partial charge in [0.25, 0.3) is 5.91 Å². The van der Waals surface area contributed by atoms with Crippen molar-refractivity contribution >= 4 is 33.7 Å². The maximum absolute atomic E-state index is 13.2. The molecule has 23 heavy (non-hydrogen) atoms. The van der Waals surface area contributed by atoms with Gasteiger partial charge in [-0.2, -0.15) is 5.10 Å². The molecule has 0 saturated heterocycles. The fraction of sp³-hybridized carbons (Fsp3) is 0. The first-order valence-electron chi connectivity index (χ1n) is 6.19. The van der Waals surface area contributed by atoms with Gasteiger partial charge in [0.05, 0.1) is 16.1 Å². The fourth-order valence-electron chi connectivity index (χ4n) is 1.62. The minimum Gasteiger partial charge on any atom is -0.267 e. The molecule has 2 aromatic rings. The molecule has 0 aliphatic carbocycles. The molecule has 0 atom stereocenters. The van der Waals surface area contributed by atoms with E-state index in [9.17, 15) is 17.6 Å². The molecule has 0 aromatic heterocycles. The quantitative estimate of drug-likeness (QED) is 0.646. The van der Waals surface area contributed by atoms with E-state index in [0.29, 0.717) is 5.56 Å². The van der Waals surface area contributed by atoms with E-state index in [2.05, 4.69) is 10.5 Å². The van der Waals surface area contributed by atoms with Crippen LogP contribution < -0.4 is 10.6 Å². The van der Waals surface area contributed by atoms with E-state index in [4.69, 9.17) is 16.7 Å². The van der Waals surface area contributed by atoms with Crippen molar-refractivity contribution in [1.29, 1.82) is 0 Å². The molecular weight excluding hydrogens is 345 g/mol. The van der Waals surface area contributed by atoms with Gasteiger partial charge in [0.2, 0.25) is 10.0 Å². The van der Waals surface area contributed by atoms with Crippen molar-refractivity contribution in [2.24, 2.45) is 10.2 Å². The van der Waals surface area contributed by atoms with Crippen molar-refractivity contribution in [3.05, 3.63) is 64.4 Å². The van der Waals surface area contributed by atoms with Crippen molar-refractivity contribution in [2.45, 2.75) is 4.90 Å². The fourth-order valence-corrected chi connectivity index (χ4v) is 2.25. The summed E-state index contributed by atoms with van der Waals surface area (Å²) in [5.74, 6) is -1.16. The highest BCUT2D eigenvalue weighted by atomic mass is 35.5. The average molecular weight is 356 g/mol. The molecule has 1 amide bonds. The van der Waals surface area contributed by atoms with Crippen molar-refractivity contribution < 1.29 is 17.6 Å². The second-order valence-corrected chi connectivity index (χ2v) is 6.41. The molecule has 0 unspecified atom stereocenters. The predicted octanol–water partition coefficient (Wildman–Crippen LogP) is 1.89. The number of nitrogens with two attached hydrogens (primary N) is 1. The molecular formula is C14H11ClFN3O3S. The van der Waals surface area contributed by atoms with Crippen LogP contribution in [0.1, 0.15) is 15.9 Å². The van der Waals surface area contributed by atoms with E-state index in [-0.39, 0.29) is 15.5 Å². The van der Waals surface area contributed by atoms with Gasteiger partial charge in [-0.3, -0.25) is 4.79 Å².